The van der Waals surface area contributed by atoms with Crippen LogP contribution in [0.15, 0.2) is 0 Å². The monoisotopic (exact) mass is 989 g/mol. The van der Waals surface area contributed by atoms with Crippen molar-refractivity contribution < 1.29 is 52.2 Å². The molecule has 0 aromatic heterocycles. The molecule has 0 saturated heterocycles. The van der Waals surface area contributed by atoms with E-state index in [4.69, 9.17) is 23.3 Å². The highest BCUT2D eigenvalue weighted by atomic mass is 31.2. The number of aliphatic hydroxyl groups is 1. The van der Waals surface area contributed by atoms with Gasteiger partial charge in [-0.3, -0.25) is 23.4 Å². The fraction of sp³-hybridized carbons (Fsp3) is 0.946. The molecule has 0 amide bonds. The Bertz CT molecular complexity index is 1150. The number of unbranched alkanes of at least 4 members (excludes halogenated alkanes) is 38. The Morgan fingerprint density at radius 2 is 0.588 bits per heavy atom. The van der Waals surface area contributed by atoms with Crippen molar-refractivity contribution in [3.63, 3.8) is 0 Å². The molecule has 3 unspecified atom stereocenters. The fourth-order valence-corrected chi connectivity index (χ4v) is 9.38. The van der Waals surface area contributed by atoms with Crippen molar-refractivity contribution >= 4 is 25.7 Å². The summed E-state index contributed by atoms with van der Waals surface area (Å²) in [6.45, 7) is 4.71. The van der Waals surface area contributed by atoms with Gasteiger partial charge in [0.15, 0.2) is 6.10 Å². The molecule has 0 aliphatic heterocycles. The minimum absolute atomic E-state index is 0.178. The zero-order valence-corrected chi connectivity index (χ0v) is 45.5. The topological polar surface area (TPSA) is 155 Å². The van der Waals surface area contributed by atoms with E-state index in [2.05, 4.69) is 20.8 Å². The maximum absolute atomic E-state index is 12.9. The van der Waals surface area contributed by atoms with Crippen LogP contribution in [0.2, 0.25) is 0 Å². The Hall–Kier alpha value is -1.52. The third-order valence-electron chi connectivity index (χ3n) is 13.0. The highest BCUT2D eigenvalue weighted by molar-refractivity contribution is 7.47. The van der Waals surface area contributed by atoms with Gasteiger partial charge in [-0.25, -0.2) is 4.57 Å². The van der Waals surface area contributed by atoms with E-state index in [1.165, 1.54) is 186 Å². The number of carbonyl (C=O) groups excluding carboxylic acids is 3. The number of phosphoric ester groups is 1. The van der Waals surface area contributed by atoms with Crippen molar-refractivity contribution in [2.24, 2.45) is 0 Å². The average Bonchev–Trinajstić information content (AvgIpc) is 3.32. The first kappa shape index (κ1) is 66.5. The molecule has 0 heterocycles. The number of rotatable bonds is 55. The van der Waals surface area contributed by atoms with E-state index >= 15 is 0 Å². The molecule has 0 aliphatic rings. The van der Waals surface area contributed by atoms with Gasteiger partial charge in [0.1, 0.15) is 12.7 Å². The summed E-state index contributed by atoms with van der Waals surface area (Å²) in [5.74, 6) is -1.43. The van der Waals surface area contributed by atoms with Gasteiger partial charge >= 0.3 is 25.7 Å². The first-order chi connectivity index (χ1) is 33.2. The summed E-state index contributed by atoms with van der Waals surface area (Å²) in [6.07, 6.45) is 47.7. The minimum Gasteiger partial charge on any atom is -0.462 e. The minimum atomic E-state index is -4.73. The molecule has 0 spiro atoms. The number of phosphoric acid groups is 1. The summed E-state index contributed by atoms with van der Waals surface area (Å²) in [7, 11) is -4.73. The second kappa shape index (κ2) is 51.8. The Labute approximate surface area is 418 Å². The third kappa shape index (κ3) is 49.5. The number of hydrogen-bond acceptors (Lipinski definition) is 10. The molecular formula is C56H109O11P. The van der Waals surface area contributed by atoms with E-state index in [1.807, 2.05) is 0 Å². The van der Waals surface area contributed by atoms with E-state index < -0.39 is 57.8 Å². The SMILES string of the molecule is CCCCCCCCCCCCCCCCCC(=O)OCC(COP(=O)(O)OCC(CO)OC(=O)CCCCCCCCCCCCCCC)OC(=O)CCCCCCCCCCCCCCC. The second-order valence-electron chi connectivity index (χ2n) is 19.8. The van der Waals surface area contributed by atoms with Crippen LogP contribution in [-0.4, -0.2) is 66.5 Å². The highest BCUT2D eigenvalue weighted by Gasteiger charge is 2.28. The van der Waals surface area contributed by atoms with Crippen molar-refractivity contribution in [2.75, 3.05) is 26.4 Å². The predicted molar refractivity (Wildman–Crippen MR) is 280 cm³/mol. The molecule has 12 heteroatoms. The van der Waals surface area contributed by atoms with Gasteiger partial charge in [0.05, 0.1) is 19.8 Å². The van der Waals surface area contributed by atoms with Crippen LogP contribution in [0.1, 0.15) is 303 Å². The highest BCUT2D eigenvalue weighted by Crippen LogP contribution is 2.43. The lowest BCUT2D eigenvalue weighted by molar-refractivity contribution is -0.161. The number of carbonyl (C=O) groups is 3. The van der Waals surface area contributed by atoms with Gasteiger partial charge in [-0.2, -0.15) is 0 Å². The molecule has 404 valence electrons. The van der Waals surface area contributed by atoms with E-state index in [1.54, 1.807) is 0 Å². The summed E-state index contributed by atoms with van der Waals surface area (Å²) in [6, 6.07) is 0. The smallest absolute Gasteiger partial charge is 0.462 e. The van der Waals surface area contributed by atoms with Gasteiger partial charge in [0, 0.05) is 19.3 Å². The van der Waals surface area contributed by atoms with Crippen LogP contribution in [0.3, 0.4) is 0 Å². The van der Waals surface area contributed by atoms with E-state index in [9.17, 15) is 28.9 Å². The zero-order valence-electron chi connectivity index (χ0n) is 44.6. The number of hydrogen-bond donors (Lipinski definition) is 2. The standard InChI is InChI=1S/C56H109O11P/c1-4-7-10-13-16-19-22-25-26-29-30-33-36-39-42-45-54(58)63-49-53(67-56(60)47-44-41-38-35-32-28-24-21-18-15-12-9-6-3)51-65-68(61,62)64-50-52(48-57)66-55(59)46-43-40-37-34-31-27-23-20-17-14-11-8-5-2/h52-53,57H,4-51H2,1-3H3,(H,61,62). The molecule has 3 atom stereocenters. The Morgan fingerprint density at radius 1 is 0.353 bits per heavy atom. The van der Waals surface area contributed by atoms with Gasteiger partial charge in [-0.05, 0) is 19.3 Å². The normalized spacial score (nSPS) is 13.3. The summed E-state index contributed by atoms with van der Waals surface area (Å²) >= 11 is 0. The molecule has 0 aromatic carbocycles. The summed E-state index contributed by atoms with van der Waals surface area (Å²) in [4.78, 5) is 48.4. The lowest BCUT2D eigenvalue weighted by Gasteiger charge is -2.21. The van der Waals surface area contributed by atoms with Gasteiger partial charge in [0.2, 0.25) is 0 Å². The summed E-state index contributed by atoms with van der Waals surface area (Å²) in [5.41, 5.74) is 0. The van der Waals surface area contributed by atoms with Crippen molar-refractivity contribution in [1.82, 2.24) is 0 Å². The predicted octanol–water partition coefficient (Wildman–Crippen LogP) is 16.7. The maximum Gasteiger partial charge on any atom is 0.472 e. The number of esters is 3. The molecule has 68 heavy (non-hydrogen) atoms. The van der Waals surface area contributed by atoms with Crippen LogP contribution in [-0.2, 0) is 42.2 Å². The van der Waals surface area contributed by atoms with Crippen LogP contribution in [0.5, 0.6) is 0 Å². The van der Waals surface area contributed by atoms with E-state index in [-0.39, 0.29) is 25.9 Å². The van der Waals surface area contributed by atoms with Gasteiger partial charge in [-0.15, -0.1) is 0 Å². The van der Waals surface area contributed by atoms with E-state index in [0.717, 1.165) is 57.8 Å². The third-order valence-corrected chi connectivity index (χ3v) is 14.0. The van der Waals surface area contributed by atoms with Crippen LogP contribution in [0, 0.1) is 0 Å². The molecule has 2 N–H and O–H groups in total. The number of ether oxygens (including phenoxy) is 3. The fourth-order valence-electron chi connectivity index (χ4n) is 8.59. The molecule has 11 nitrogen and oxygen atoms in total. The average molecular weight is 989 g/mol. The molecular weight excluding hydrogens is 880 g/mol. The van der Waals surface area contributed by atoms with Crippen molar-refractivity contribution in [2.45, 2.75) is 315 Å². The number of aliphatic hydroxyl groups excluding tert-OH is 1. The summed E-state index contributed by atoms with van der Waals surface area (Å²) in [5, 5.41) is 9.80. The molecule has 0 bridgehead atoms. The van der Waals surface area contributed by atoms with Crippen LogP contribution in [0.4, 0.5) is 0 Å². The van der Waals surface area contributed by atoms with Crippen molar-refractivity contribution in [1.29, 1.82) is 0 Å². The largest absolute Gasteiger partial charge is 0.472 e. The lowest BCUT2D eigenvalue weighted by Crippen LogP contribution is -2.30. The van der Waals surface area contributed by atoms with Gasteiger partial charge in [-0.1, -0.05) is 265 Å². The Morgan fingerprint density at radius 3 is 0.868 bits per heavy atom. The van der Waals surface area contributed by atoms with Crippen LogP contribution in [0.25, 0.3) is 0 Å². The van der Waals surface area contributed by atoms with Crippen molar-refractivity contribution in [3.8, 4) is 0 Å². The van der Waals surface area contributed by atoms with Gasteiger partial charge in [0.25, 0.3) is 0 Å². The summed E-state index contributed by atoms with van der Waals surface area (Å²) < 4.78 is 39.5. The first-order valence-electron chi connectivity index (χ1n) is 28.9. The van der Waals surface area contributed by atoms with E-state index in [0.29, 0.717) is 19.3 Å². The van der Waals surface area contributed by atoms with Gasteiger partial charge < -0.3 is 24.2 Å². The van der Waals surface area contributed by atoms with Crippen molar-refractivity contribution in [3.05, 3.63) is 0 Å². The maximum atomic E-state index is 12.9. The quantitative estimate of drug-likeness (QED) is 0.0259. The molecule has 0 aliphatic carbocycles. The lowest BCUT2D eigenvalue weighted by atomic mass is 10.0. The molecule has 0 aromatic rings. The van der Waals surface area contributed by atoms with Crippen LogP contribution >= 0.6 is 7.82 Å². The second-order valence-corrected chi connectivity index (χ2v) is 21.3. The first-order valence-corrected chi connectivity index (χ1v) is 30.4. The zero-order chi connectivity index (χ0) is 49.9. The van der Waals surface area contributed by atoms with Crippen LogP contribution < -0.4 is 0 Å². The molecule has 0 saturated carbocycles. The Balaban J connectivity index is 4.65. The molecule has 0 rings (SSSR count). The molecule has 0 radical (unpaired) electrons. The molecule has 0 fully saturated rings. The Kier molecular flexibility index (Phi) is 50.7.